The van der Waals surface area contributed by atoms with E-state index >= 15 is 0 Å². The van der Waals surface area contributed by atoms with Gasteiger partial charge < -0.3 is 0 Å². The maximum atomic E-state index is 13.2. The molecular formula is C10H4F3NO2. The molecule has 1 N–H and O–H groups in total. The van der Waals surface area contributed by atoms with Crippen LogP contribution in [0.1, 0.15) is 5.56 Å². The van der Waals surface area contributed by atoms with Gasteiger partial charge in [0.05, 0.1) is 5.57 Å². The van der Waals surface area contributed by atoms with Gasteiger partial charge in [0.2, 0.25) is 0 Å². The van der Waals surface area contributed by atoms with Gasteiger partial charge in [-0.05, 0) is 6.07 Å². The van der Waals surface area contributed by atoms with Gasteiger partial charge in [-0.25, -0.2) is 13.2 Å². The number of halogens is 3. The maximum absolute atomic E-state index is 13.2. The Bertz CT molecular complexity index is 537. The van der Waals surface area contributed by atoms with Crippen molar-refractivity contribution in [2.75, 3.05) is 0 Å². The molecule has 3 nitrogen and oxygen atoms in total. The third kappa shape index (κ3) is 1.58. The molecule has 0 radical (unpaired) electrons. The highest BCUT2D eigenvalue weighted by molar-refractivity contribution is 6.33. The van der Waals surface area contributed by atoms with Crippen molar-refractivity contribution >= 4 is 17.4 Å². The molecule has 0 bridgehead atoms. The van der Waals surface area contributed by atoms with E-state index in [1.54, 1.807) is 0 Å². The van der Waals surface area contributed by atoms with Gasteiger partial charge in [0, 0.05) is 17.7 Å². The average Bonchev–Trinajstić information content (AvgIpc) is 2.51. The van der Waals surface area contributed by atoms with Crippen molar-refractivity contribution in [1.82, 2.24) is 5.32 Å². The predicted molar refractivity (Wildman–Crippen MR) is 47.4 cm³/mol. The van der Waals surface area contributed by atoms with E-state index in [2.05, 4.69) is 0 Å². The summed E-state index contributed by atoms with van der Waals surface area (Å²) in [6, 6.07) is 0.857. The Kier molecular flexibility index (Phi) is 2.26. The molecule has 0 aromatic heterocycles. The Hall–Kier alpha value is -2.11. The normalized spacial score (nSPS) is 15.1. The van der Waals surface area contributed by atoms with Crippen molar-refractivity contribution in [3.63, 3.8) is 0 Å². The molecule has 0 saturated heterocycles. The highest BCUT2D eigenvalue weighted by atomic mass is 19.2. The van der Waals surface area contributed by atoms with Crippen LogP contribution in [0.4, 0.5) is 13.2 Å². The average molecular weight is 227 g/mol. The Morgan fingerprint density at radius 1 is 0.938 bits per heavy atom. The molecule has 1 aliphatic rings. The number of hydrogen-bond acceptors (Lipinski definition) is 2. The molecule has 82 valence electrons. The molecule has 1 aromatic carbocycles. The second kappa shape index (κ2) is 3.48. The fourth-order valence-electron chi connectivity index (χ4n) is 1.34. The Morgan fingerprint density at radius 3 is 2.12 bits per heavy atom. The Morgan fingerprint density at radius 2 is 1.56 bits per heavy atom. The van der Waals surface area contributed by atoms with Crippen molar-refractivity contribution in [3.05, 3.63) is 41.2 Å². The smallest absolute Gasteiger partial charge is 0.259 e. The molecular weight excluding hydrogens is 223 g/mol. The van der Waals surface area contributed by atoms with Crippen LogP contribution in [0.25, 0.3) is 5.57 Å². The van der Waals surface area contributed by atoms with E-state index in [-0.39, 0.29) is 5.57 Å². The van der Waals surface area contributed by atoms with E-state index in [1.807, 2.05) is 5.32 Å². The first-order valence-corrected chi connectivity index (χ1v) is 4.21. The minimum atomic E-state index is -1.36. The Labute approximate surface area is 87.6 Å². The van der Waals surface area contributed by atoms with E-state index in [0.29, 0.717) is 12.1 Å². The summed E-state index contributed by atoms with van der Waals surface area (Å²) in [6.07, 6.45) is 0.831. The van der Waals surface area contributed by atoms with Crippen LogP contribution in [0.15, 0.2) is 18.2 Å². The molecule has 16 heavy (non-hydrogen) atoms. The molecule has 1 aromatic rings. The Balaban J connectivity index is 2.57. The number of carbonyl (C=O) groups is 2. The topological polar surface area (TPSA) is 46.2 Å². The highest BCUT2D eigenvalue weighted by Gasteiger charge is 2.25. The standard InChI is InChI=1S/C10H4F3NO2/c11-6-3-8(13)7(12)1-4(6)5-2-9(15)14-10(5)16/h1-3H,(H,14,15,16). The summed E-state index contributed by atoms with van der Waals surface area (Å²) in [4.78, 5) is 22.0. The van der Waals surface area contributed by atoms with Crippen molar-refractivity contribution in [2.24, 2.45) is 0 Å². The van der Waals surface area contributed by atoms with Gasteiger partial charge in [0.25, 0.3) is 11.8 Å². The van der Waals surface area contributed by atoms with Crippen LogP contribution < -0.4 is 5.32 Å². The summed E-state index contributed by atoms with van der Waals surface area (Å²) in [7, 11) is 0. The fraction of sp³-hybridized carbons (Fsp3) is 0. The van der Waals surface area contributed by atoms with E-state index < -0.39 is 34.8 Å². The van der Waals surface area contributed by atoms with E-state index in [4.69, 9.17) is 0 Å². The minimum Gasteiger partial charge on any atom is -0.289 e. The van der Waals surface area contributed by atoms with Gasteiger partial charge in [-0.2, -0.15) is 0 Å². The van der Waals surface area contributed by atoms with Crippen LogP contribution in [-0.4, -0.2) is 11.8 Å². The zero-order valence-corrected chi connectivity index (χ0v) is 7.68. The molecule has 0 unspecified atom stereocenters. The van der Waals surface area contributed by atoms with Crippen molar-refractivity contribution in [2.45, 2.75) is 0 Å². The lowest BCUT2D eigenvalue weighted by molar-refractivity contribution is -0.123. The van der Waals surface area contributed by atoms with Crippen LogP contribution in [0.3, 0.4) is 0 Å². The molecule has 0 saturated carbocycles. The minimum absolute atomic E-state index is 0.318. The first-order valence-electron chi connectivity index (χ1n) is 4.21. The molecule has 1 aliphatic heterocycles. The predicted octanol–water partition coefficient (Wildman–Crippen LogP) is 1.14. The van der Waals surface area contributed by atoms with Gasteiger partial charge in [0.15, 0.2) is 11.6 Å². The summed E-state index contributed by atoms with van der Waals surface area (Å²) in [5, 5.41) is 1.87. The summed E-state index contributed by atoms with van der Waals surface area (Å²) in [6.45, 7) is 0. The van der Waals surface area contributed by atoms with E-state index in [0.717, 1.165) is 6.08 Å². The summed E-state index contributed by atoms with van der Waals surface area (Å²) in [5.74, 6) is -5.30. The quantitative estimate of drug-likeness (QED) is 0.577. The number of imide groups is 1. The zero-order valence-electron chi connectivity index (χ0n) is 7.68. The molecule has 2 rings (SSSR count). The number of nitrogens with one attached hydrogen (secondary N) is 1. The molecule has 1 heterocycles. The van der Waals surface area contributed by atoms with Crippen LogP contribution >= 0.6 is 0 Å². The number of carbonyl (C=O) groups excluding carboxylic acids is 2. The van der Waals surface area contributed by atoms with Crippen LogP contribution in [0.2, 0.25) is 0 Å². The number of amides is 2. The van der Waals surface area contributed by atoms with Crippen molar-refractivity contribution < 1.29 is 22.8 Å². The monoisotopic (exact) mass is 227 g/mol. The summed E-state index contributed by atoms with van der Waals surface area (Å²) in [5.41, 5.74) is -0.761. The third-order valence-electron chi connectivity index (χ3n) is 2.06. The van der Waals surface area contributed by atoms with Crippen LogP contribution in [0, 0.1) is 17.5 Å². The molecule has 0 aliphatic carbocycles. The van der Waals surface area contributed by atoms with Gasteiger partial charge >= 0.3 is 0 Å². The molecule has 6 heteroatoms. The van der Waals surface area contributed by atoms with Crippen LogP contribution in [0.5, 0.6) is 0 Å². The van der Waals surface area contributed by atoms with Gasteiger partial charge in [-0.3, -0.25) is 14.9 Å². The number of hydrogen-bond donors (Lipinski definition) is 1. The molecule has 0 fully saturated rings. The first-order chi connectivity index (χ1) is 7.49. The SMILES string of the molecule is O=C1C=C(c2cc(F)c(F)cc2F)C(=O)N1. The second-order valence-corrected chi connectivity index (χ2v) is 3.12. The van der Waals surface area contributed by atoms with Gasteiger partial charge in [-0.15, -0.1) is 0 Å². The van der Waals surface area contributed by atoms with Gasteiger partial charge in [-0.1, -0.05) is 0 Å². The molecule has 0 atom stereocenters. The fourth-order valence-corrected chi connectivity index (χ4v) is 1.34. The van der Waals surface area contributed by atoms with Gasteiger partial charge in [0.1, 0.15) is 5.82 Å². The van der Waals surface area contributed by atoms with E-state index in [1.165, 1.54) is 0 Å². The maximum Gasteiger partial charge on any atom is 0.259 e. The lowest BCUT2D eigenvalue weighted by atomic mass is 10.1. The first kappa shape index (κ1) is 10.4. The third-order valence-corrected chi connectivity index (χ3v) is 2.06. The van der Waals surface area contributed by atoms with Crippen molar-refractivity contribution in [3.8, 4) is 0 Å². The zero-order chi connectivity index (χ0) is 11.9. The summed E-state index contributed by atoms with van der Waals surface area (Å²) < 4.78 is 38.7. The van der Waals surface area contributed by atoms with Crippen molar-refractivity contribution in [1.29, 1.82) is 0 Å². The van der Waals surface area contributed by atoms with E-state index in [9.17, 15) is 22.8 Å². The molecule has 2 amide bonds. The summed E-state index contributed by atoms with van der Waals surface area (Å²) >= 11 is 0. The lowest BCUT2D eigenvalue weighted by Crippen LogP contribution is -2.22. The highest BCUT2D eigenvalue weighted by Crippen LogP contribution is 2.23. The van der Waals surface area contributed by atoms with Crippen LogP contribution in [-0.2, 0) is 9.59 Å². The molecule has 0 spiro atoms. The largest absolute Gasteiger partial charge is 0.289 e. The number of benzene rings is 1. The number of rotatable bonds is 1. The second-order valence-electron chi connectivity index (χ2n) is 3.12. The lowest BCUT2D eigenvalue weighted by Gasteiger charge is -2.03.